The maximum atomic E-state index is 12.9. The molecule has 5 aromatic rings. The van der Waals surface area contributed by atoms with Crippen LogP contribution in [0.1, 0.15) is 12.5 Å². The van der Waals surface area contributed by atoms with Gasteiger partial charge in [-0.15, -0.1) is 0 Å². The van der Waals surface area contributed by atoms with Crippen LogP contribution in [0.4, 0.5) is 5.88 Å². The second-order valence-electron chi connectivity index (χ2n) is 7.62. The fraction of sp³-hybridized carbons (Fsp3) is 0.115. The largest absolute Gasteiger partial charge is 0.338 e. The van der Waals surface area contributed by atoms with Gasteiger partial charge in [-0.25, -0.2) is 0 Å². The van der Waals surface area contributed by atoms with Crippen LogP contribution in [0.15, 0.2) is 88.2 Å². The van der Waals surface area contributed by atoms with Crippen molar-refractivity contribution in [1.82, 2.24) is 9.72 Å². The highest BCUT2D eigenvalue weighted by molar-refractivity contribution is 5.97. The van der Waals surface area contributed by atoms with E-state index in [0.717, 1.165) is 12.0 Å². The number of nitrogens with zero attached hydrogens (tertiary/aromatic N) is 2. The molecule has 0 aliphatic carbocycles. The van der Waals surface area contributed by atoms with Crippen LogP contribution in [0, 0.1) is 0 Å². The third-order valence-electron chi connectivity index (χ3n) is 5.61. The molecule has 0 saturated carbocycles. The Morgan fingerprint density at radius 1 is 0.938 bits per heavy atom. The Hall–Kier alpha value is -4.19. The molecular formula is C26H21N3O3. The van der Waals surface area contributed by atoms with Gasteiger partial charge in [-0.1, -0.05) is 60.6 Å². The van der Waals surface area contributed by atoms with Crippen LogP contribution in [0.5, 0.6) is 0 Å². The van der Waals surface area contributed by atoms with E-state index in [-0.39, 0.29) is 23.8 Å². The van der Waals surface area contributed by atoms with Crippen LogP contribution in [0.2, 0.25) is 0 Å². The lowest BCUT2D eigenvalue weighted by molar-refractivity contribution is -0.116. The van der Waals surface area contributed by atoms with Crippen LogP contribution in [0.3, 0.4) is 0 Å². The molecule has 32 heavy (non-hydrogen) atoms. The van der Waals surface area contributed by atoms with Crippen molar-refractivity contribution in [2.24, 2.45) is 0 Å². The molecule has 0 saturated heterocycles. The lowest BCUT2D eigenvalue weighted by atomic mass is 10.1. The average Bonchev–Trinajstić information content (AvgIpc) is 3.30. The van der Waals surface area contributed by atoms with Crippen molar-refractivity contribution in [3.05, 3.63) is 94.6 Å². The summed E-state index contributed by atoms with van der Waals surface area (Å²) in [4.78, 5) is 25.7. The normalized spacial score (nSPS) is 11.2. The fourth-order valence-electron chi connectivity index (χ4n) is 3.95. The summed E-state index contributed by atoms with van der Waals surface area (Å²) in [5.41, 5.74) is 4.19. The minimum atomic E-state index is -0.270. The van der Waals surface area contributed by atoms with Gasteiger partial charge in [0, 0.05) is 22.4 Å². The van der Waals surface area contributed by atoms with E-state index in [1.165, 1.54) is 5.56 Å². The molecular weight excluding hydrogens is 402 g/mol. The zero-order chi connectivity index (χ0) is 22.1. The Labute approximate surface area is 184 Å². The number of carbonyl (C=O) groups is 1. The third-order valence-corrected chi connectivity index (χ3v) is 5.61. The topological polar surface area (TPSA) is 77.1 Å². The molecule has 1 N–H and O–H groups in total. The highest BCUT2D eigenvalue weighted by atomic mass is 16.5. The Morgan fingerprint density at radius 2 is 1.56 bits per heavy atom. The van der Waals surface area contributed by atoms with E-state index < -0.39 is 0 Å². The SMILES string of the molecule is CCc1ccc(-c2cc(NC(=O)Cn3c4ccccc4c(=O)c4ccccc43)on2)cc1. The smallest absolute Gasteiger partial charge is 0.246 e. The van der Waals surface area contributed by atoms with Gasteiger partial charge in [0.15, 0.2) is 5.43 Å². The number of rotatable bonds is 5. The first-order valence-corrected chi connectivity index (χ1v) is 10.5. The van der Waals surface area contributed by atoms with Crippen molar-refractivity contribution < 1.29 is 9.32 Å². The molecule has 3 aromatic carbocycles. The van der Waals surface area contributed by atoms with Gasteiger partial charge in [-0.05, 0) is 36.2 Å². The van der Waals surface area contributed by atoms with E-state index in [1.54, 1.807) is 18.2 Å². The standard InChI is InChI=1S/C26H21N3O3/c1-2-17-11-13-18(14-12-17)21-15-25(32-28-21)27-24(30)16-29-22-9-5-3-7-19(22)26(31)20-8-4-6-10-23(20)29/h3-15H,2,16H2,1H3,(H,27,30). The molecule has 6 nitrogen and oxygen atoms in total. The molecule has 0 radical (unpaired) electrons. The van der Waals surface area contributed by atoms with Crippen molar-refractivity contribution >= 4 is 33.6 Å². The van der Waals surface area contributed by atoms with Crippen molar-refractivity contribution in [3.8, 4) is 11.3 Å². The van der Waals surface area contributed by atoms with Crippen molar-refractivity contribution in [2.45, 2.75) is 19.9 Å². The van der Waals surface area contributed by atoms with E-state index in [1.807, 2.05) is 53.1 Å². The number of aromatic nitrogens is 2. The zero-order valence-electron chi connectivity index (χ0n) is 17.5. The number of nitrogens with one attached hydrogen (secondary N) is 1. The van der Waals surface area contributed by atoms with Crippen LogP contribution in [-0.4, -0.2) is 15.6 Å². The lowest BCUT2D eigenvalue weighted by Gasteiger charge is -2.14. The molecule has 6 heteroatoms. The molecule has 0 bridgehead atoms. The molecule has 0 aliphatic rings. The van der Waals surface area contributed by atoms with E-state index in [4.69, 9.17) is 4.52 Å². The number of benzene rings is 3. The quantitative estimate of drug-likeness (QED) is 0.403. The zero-order valence-corrected chi connectivity index (χ0v) is 17.5. The summed E-state index contributed by atoms with van der Waals surface area (Å²) in [6.07, 6.45) is 0.967. The number of para-hydroxylation sites is 2. The Balaban J connectivity index is 1.44. The molecule has 158 valence electrons. The van der Waals surface area contributed by atoms with E-state index in [2.05, 4.69) is 29.5 Å². The van der Waals surface area contributed by atoms with Crippen molar-refractivity contribution in [2.75, 3.05) is 5.32 Å². The molecule has 2 aromatic heterocycles. The molecule has 0 spiro atoms. The second-order valence-corrected chi connectivity index (χ2v) is 7.62. The van der Waals surface area contributed by atoms with E-state index in [9.17, 15) is 9.59 Å². The summed E-state index contributed by atoms with van der Waals surface area (Å²) in [5.74, 6) is 0.00668. The summed E-state index contributed by atoms with van der Waals surface area (Å²) in [5, 5.41) is 8.02. The van der Waals surface area contributed by atoms with Crippen LogP contribution in [0.25, 0.3) is 33.1 Å². The average molecular weight is 423 g/mol. The number of amides is 1. The first-order chi connectivity index (χ1) is 15.6. The first kappa shape index (κ1) is 19.8. The summed E-state index contributed by atoms with van der Waals surface area (Å²) >= 11 is 0. The molecule has 5 rings (SSSR count). The van der Waals surface area contributed by atoms with Gasteiger partial charge < -0.3 is 9.09 Å². The van der Waals surface area contributed by atoms with Gasteiger partial charge in [0.05, 0.1) is 11.0 Å². The number of fused-ring (bicyclic) bond motifs is 2. The van der Waals surface area contributed by atoms with E-state index in [0.29, 0.717) is 27.5 Å². The Bertz CT molecular complexity index is 1440. The minimum absolute atomic E-state index is 0.0303. The fourth-order valence-corrected chi connectivity index (χ4v) is 3.95. The summed E-state index contributed by atoms with van der Waals surface area (Å²) < 4.78 is 7.19. The number of aryl methyl sites for hydroxylation is 1. The highest BCUT2D eigenvalue weighted by Gasteiger charge is 2.15. The van der Waals surface area contributed by atoms with Gasteiger partial charge in [-0.2, -0.15) is 0 Å². The van der Waals surface area contributed by atoms with Crippen molar-refractivity contribution in [3.63, 3.8) is 0 Å². The minimum Gasteiger partial charge on any atom is -0.338 e. The predicted octanol–water partition coefficient (Wildman–Crippen LogP) is 5.01. The molecule has 1 amide bonds. The predicted molar refractivity (Wildman–Crippen MR) is 126 cm³/mol. The second kappa shape index (κ2) is 8.15. The highest BCUT2D eigenvalue weighted by Crippen LogP contribution is 2.23. The van der Waals surface area contributed by atoms with E-state index >= 15 is 0 Å². The Morgan fingerprint density at radius 3 is 2.19 bits per heavy atom. The maximum Gasteiger partial charge on any atom is 0.246 e. The lowest BCUT2D eigenvalue weighted by Crippen LogP contribution is -2.21. The molecule has 0 fully saturated rings. The number of anilines is 1. The maximum absolute atomic E-state index is 12.9. The van der Waals surface area contributed by atoms with Crippen LogP contribution >= 0.6 is 0 Å². The van der Waals surface area contributed by atoms with Crippen LogP contribution in [-0.2, 0) is 17.8 Å². The van der Waals surface area contributed by atoms with Crippen molar-refractivity contribution in [1.29, 1.82) is 0 Å². The van der Waals surface area contributed by atoms with Gasteiger partial charge >= 0.3 is 0 Å². The molecule has 0 aliphatic heterocycles. The molecule has 0 atom stereocenters. The number of hydrogen-bond acceptors (Lipinski definition) is 4. The number of hydrogen-bond donors (Lipinski definition) is 1. The van der Waals surface area contributed by atoms with Gasteiger partial charge in [0.25, 0.3) is 0 Å². The van der Waals surface area contributed by atoms with Gasteiger partial charge in [0.1, 0.15) is 12.2 Å². The molecule has 0 unspecified atom stereocenters. The third kappa shape index (κ3) is 3.56. The van der Waals surface area contributed by atoms with Crippen LogP contribution < -0.4 is 10.7 Å². The number of carbonyl (C=O) groups excluding carboxylic acids is 1. The number of pyridine rings is 1. The monoisotopic (exact) mass is 423 g/mol. The van der Waals surface area contributed by atoms with Gasteiger partial charge in [-0.3, -0.25) is 14.9 Å². The first-order valence-electron chi connectivity index (χ1n) is 10.5. The summed E-state index contributed by atoms with van der Waals surface area (Å²) in [6.45, 7) is 2.14. The molecule has 2 heterocycles. The summed E-state index contributed by atoms with van der Waals surface area (Å²) in [7, 11) is 0. The van der Waals surface area contributed by atoms with Gasteiger partial charge in [0.2, 0.25) is 11.8 Å². The Kier molecular flexibility index (Phi) is 5.03. The summed E-state index contributed by atoms with van der Waals surface area (Å²) in [6, 6.07) is 24.4.